The van der Waals surface area contributed by atoms with Crippen molar-refractivity contribution in [3.05, 3.63) is 0 Å². The van der Waals surface area contributed by atoms with Crippen molar-refractivity contribution >= 4 is 11.9 Å². The van der Waals surface area contributed by atoms with E-state index in [4.69, 9.17) is 10.2 Å². The Kier molecular flexibility index (Phi) is 2.08. The highest BCUT2D eigenvalue weighted by Crippen LogP contribution is 2.51. The van der Waals surface area contributed by atoms with Crippen molar-refractivity contribution in [3.8, 4) is 0 Å². The number of hydrogen-bond acceptors (Lipinski definition) is 2. The van der Waals surface area contributed by atoms with Crippen molar-refractivity contribution < 1.29 is 19.8 Å². The molecule has 0 amide bonds. The second-order valence-electron chi connectivity index (χ2n) is 3.55. The third kappa shape index (κ3) is 1.29. The second-order valence-corrected chi connectivity index (χ2v) is 3.55. The van der Waals surface area contributed by atoms with Crippen LogP contribution in [0.2, 0.25) is 0 Å². The van der Waals surface area contributed by atoms with E-state index in [1.807, 2.05) is 13.8 Å². The molecule has 0 aromatic rings. The molecule has 1 fully saturated rings. The summed E-state index contributed by atoms with van der Waals surface area (Å²) in [7, 11) is 0. The summed E-state index contributed by atoms with van der Waals surface area (Å²) in [5.41, 5.74) is 0. The van der Waals surface area contributed by atoms with E-state index in [0.717, 1.165) is 0 Å². The molecule has 0 saturated heterocycles. The van der Waals surface area contributed by atoms with Gasteiger partial charge in [0, 0.05) is 0 Å². The van der Waals surface area contributed by atoms with E-state index >= 15 is 0 Å². The Hall–Kier alpha value is -1.06. The molecule has 2 N–H and O–H groups in total. The molecule has 1 unspecified atom stereocenters. The summed E-state index contributed by atoms with van der Waals surface area (Å²) in [6, 6.07) is 0. The molecule has 4 heteroatoms. The van der Waals surface area contributed by atoms with Crippen LogP contribution in [0.3, 0.4) is 0 Å². The molecule has 1 aliphatic rings. The first-order valence-corrected chi connectivity index (χ1v) is 3.92. The van der Waals surface area contributed by atoms with Gasteiger partial charge in [-0.2, -0.15) is 0 Å². The third-order valence-electron chi connectivity index (χ3n) is 2.42. The number of hydrogen-bond donors (Lipinski definition) is 2. The summed E-state index contributed by atoms with van der Waals surface area (Å²) in [5.74, 6) is -3.35. The van der Waals surface area contributed by atoms with E-state index in [9.17, 15) is 9.59 Å². The molecule has 0 aromatic heterocycles. The Labute approximate surface area is 70.2 Å². The summed E-state index contributed by atoms with van der Waals surface area (Å²) in [5, 5.41) is 17.3. The van der Waals surface area contributed by atoms with Crippen LogP contribution in [0, 0.1) is 23.7 Å². The van der Waals surface area contributed by atoms with Crippen LogP contribution in [-0.2, 0) is 9.59 Å². The molecule has 0 heterocycles. The van der Waals surface area contributed by atoms with Gasteiger partial charge in [-0.25, -0.2) is 0 Å². The normalized spacial score (nSPS) is 33.4. The maximum Gasteiger partial charge on any atom is 0.307 e. The van der Waals surface area contributed by atoms with Crippen molar-refractivity contribution in [2.75, 3.05) is 0 Å². The zero-order valence-electron chi connectivity index (χ0n) is 7.02. The van der Waals surface area contributed by atoms with Crippen LogP contribution < -0.4 is 0 Å². The van der Waals surface area contributed by atoms with E-state index in [-0.39, 0.29) is 11.8 Å². The maximum absolute atomic E-state index is 10.5. The smallest absolute Gasteiger partial charge is 0.307 e. The molecule has 1 aliphatic carbocycles. The first kappa shape index (κ1) is 9.03. The number of carboxylic acids is 2. The molecule has 0 aromatic carbocycles. The van der Waals surface area contributed by atoms with Crippen molar-refractivity contribution in [3.63, 3.8) is 0 Å². The fourth-order valence-electron chi connectivity index (χ4n) is 1.80. The molecule has 3 atom stereocenters. The average molecular weight is 172 g/mol. The molecular weight excluding hydrogens is 160 g/mol. The lowest BCUT2D eigenvalue weighted by molar-refractivity contribution is -0.144. The Morgan fingerprint density at radius 3 is 1.50 bits per heavy atom. The van der Waals surface area contributed by atoms with E-state index in [0.29, 0.717) is 0 Å². The molecule has 0 radical (unpaired) electrons. The second kappa shape index (κ2) is 2.77. The average Bonchev–Trinajstić information content (AvgIpc) is 2.58. The molecule has 68 valence electrons. The Morgan fingerprint density at radius 1 is 1.08 bits per heavy atom. The fourth-order valence-corrected chi connectivity index (χ4v) is 1.80. The van der Waals surface area contributed by atoms with E-state index in [1.54, 1.807) is 0 Å². The molecule has 12 heavy (non-hydrogen) atoms. The lowest BCUT2D eigenvalue weighted by atomic mass is 10.1. The van der Waals surface area contributed by atoms with Crippen LogP contribution in [-0.4, -0.2) is 22.2 Å². The lowest BCUT2D eigenvalue weighted by Gasteiger charge is -1.98. The minimum absolute atomic E-state index is 0.132. The van der Waals surface area contributed by atoms with Gasteiger partial charge in [0.2, 0.25) is 0 Å². The van der Waals surface area contributed by atoms with Crippen molar-refractivity contribution in [2.24, 2.45) is 23.7 Å². The van der Waals surface area contributed by atoms with Crippen LogP contribution >= 0.6 is 0 Å². The van der Waals surface area contributed by atoms with E-state index in [2.05, 4.69) is 0 Å². The Bertz CT molecular complexity index is 201. The number of rotatable bonds is 3. The monoisotopic (exact) mass is 172 g/mol. The highest BCUT2D eigenvalue weighted by Gasteiger charge is 2.60. The van der Waals surface area contributed by atoms with Gasteiger partial charge >= 0.3 is 11.9 Å². The quantitative estimate of drug-likeness (QED) is 0.656. The van der Waals surface area contributed by atoms with Crippen LogP contribution in [0.5, 0.6) is 0 Å². The maximum atomic E-state index is 10.5. The third-order valence-corrected chi connectivity index (χ3v) is 2.42. The minimum atomic E-state index is -0.985. The van der Waals surface area contributed by atoms with Gasteiger partial charge in [0.15, 0.2) is 0 Å². The summed E-state index contributed by atoms with van der Waals surface area (Å²) in [4.78, 5) is 21.1. The van der Waals surface area contributed by atoms with Crippen molar-refractivity contribution in [1.29, 1.82) is 0 Å². The first-order chi connectivity index (χ1) is 5.46. The molecule has 4 nitrogen and oxygen atoms in total. The van der Waals surface area contributed by atoms with Gasteiger partial charge in [0.25, 0.3) is 0 Å². The predicted molar refractivity (Wildman–Crippen MR) is 40.6 cm³/mol. The summed E-state index contributed by atoms with van der Waals surface area (Å²) in [6.45, 7) is 3.70. The number of carbonyl (C=O) groups is 2. The van der Waals surface area contributed by atoms with Crippen LogP contribution in [0.25, 0.3) is 0 Å². The Balaban J connectivity index is 2.67. The SMILES string of the molecule is CC(C)C1[C@@H](C(=O)O)[C@H]1C(=O)O. The first-order valence-electron chi connectivity index (χ1n) is 3.92. The standard InChI is InChI=1S/C8H12O4/c1-3(2)4-5(7(9)10)6(4)8(11)12/h3-6H,1-2H3,(H,9,10)(H,11,12)/t4?,5-,6+. The summed E-state index contributed by atoms with van der Waals surface area (Å²) < 4.78 is 0. The molecular formula is C8H12O4. The van der Waals surface area contributed by atoms with Gasteiger partial charge in [0.05, 0.1) is 11.8 Å². The molecule has 0 spiro atoms. The lowest BCUT2D eigenvalue weighted by Crippen LogP contribution is -2.05. The predicted octanol–water partition coefficient (Wildman–Crippen LogP) is 0.674. The molecule has 0 aliphatic heterocycles. The van der Waals surface area contributed by atoms with Crippen LogP contribution in [0.1, 0.15) is 13.8 Å². The molecule has 1 saturated carbocycles. The van der Waals surface area contributed by atoms with Crippen LogP contribution in [0.4, 0.5) is 0 Å². The minimum Gasteiger partial charge on any atom is -0.481 e. The van der Waals surface area contributed by atoms with Crippen LogP contribution in [0.15, 0.2) is 0 Å². The van der Waals surface area contributed by atoms with Crippen molar-refractivity contribution in [1.82, 2.24) is 0 Å². The molecule has 0 bridgehead atoms. The largest absolute Gasteiger partial charge is 0.481 e. The van der Waals surface area contributed by atoms with Gasteiger partial charge in [-0.05, 0) is 11.8 Å². The zero-order valence-corrected chi connectivity index (χ0v) is 7.02. The topological polar surface area (TPSA) is 74.6 Å². The zero-order chi connectivity index (χ0) is 9.46. The van der Waals surface area contributed by atoms with Gasteiger partial charge in [-0.15, -0.1) is 0 Å². The fraction of sp³-hybridized carbons (Fsp3) is 0.750. The summed E-state index contributed by atoms with van der Waals surface area (Å²) >= 11 is 0. The highest BCUT2D eigenvalue weighted by molar-refractivity contribution is 5.86. The van der Waals surface area contributed by atoms with E-state index < -0.39 is 23.8 Å². The van der Waals surface area contributed by atoms with Gasteiger partial charge in [-0.1, -0.05) is 13.8 Å². The highest BCUT2D eigenvalue weighted by atomic mass is 16.4. The van der Waals surface area contributed by atoms with Gasteiger partial charge < -0.3 is 10.2 Å². The van der Waals surface area contributed by atoms with Gasteiger partial charge in [0.1, 0.15) is 0 Å². The number of aliphatic carboxylic acids is 2. The molecule has 1 rings (SSSR count). The summed E-state index contributed by atoms with van der Waals surface area (Å²) in [6.07, 6.45) is 0. The number of carboxylic acid groups (broad SMARTS) is 2. The van der Waals surface area contributed by atoms with Crippen molar-refractivity contribution in [2.45, 2.75) is 13.8 Å². The van der Waals surface area contributed by atoms with Gasteiger partial charge in [-0.3, -0.25) is 9.59 Å². The Morgan fingerprint density at radius 2 is 1.42 bits per heavy atom. The van der Waals surface area contributed by atoms with E-state index in [1.165, 1.54) is 0 Å².